The number of nitrogens with zero attached hydrogens (tertiary/aromatic N) is 2. The lowest BCUT2D eigenvalue weighted by Gasteiger charge is -2.07. The summed E-state index contributed by atoms with van der Waals surface area (Å²) in [6, 6.07) is 8.24. The van der Waals surface area contributed by atoms with Gasteiger partial charge in [-0.15, -0.1) is 0 Å². The summed E-state index contributed by atoms with van der Waals surface area (Å²) < 4.78 is 0. The molecule has 2 rings (SSSR count). The summed E-state index contributed by atoms with van der Waals surface area (Å²) in [6.45, 7) is 2.35. The number of nitro groups is 1. The van der Waals surface area contributed by atoms with Gasteiger partial charge >= 0.3 is 0 Å². The molecular formula is C13H12ClN3O2. The van der Waals surface area contributed by atoms with Gasteiger partial charge in [-0.25, -0.2) is 0 Å². The lowest BCUT2D eigenvalue weighted by atomic mass is 10.2. The van der Waals surface area contributed by atoms with Gasteiger partial charge in [-0.1, -0.05) is 17.7 Å². The Morgan fingerprint density at radius 3 is 2.79 bits per heavy atom. The number of halogens is 1. The van der Waals surface area contributed by atoms with Gasteiger partial charge in [0, 0.05) is 29.5 Å². The third-order valence-electron chi connectivity index (χ3n) is 2.61. The molecule has 1 heterocycles. The summed E-state index contributed by atoms with van der Waals surface area (Å²) in [5, 5.41) is 14.4. The van der Waals surface area contributed by atoms with E-state index in [-0.39, 0.29) is 5.69 Å². The Morgan fingerprint density at radius 2 is 2.16 bits per heavy atom. The Labute approximate surface area is 115 Å². The van der Waals surface area contributed by atoms with Crippen LogP contribution in [0, 0.1) is 17.0 Å². The molecule has 0 saturated heterocycles. The average Bonchev–Trinajstić information content (AvgIpc) is 2.38. The Morgan fingerprint density at radius 1 is 1.37 bits per heavy atom. The van der Waals surface area contributed by atoms with Crippen molar-refractivity contribution in [3.8, 4) is 0 Å². The Balaban J connectivity index is 2.16. The summed E-state index contributed by atoms with van der Waals surface area (Å²) in [6.07, 6.45) is 1.73. The molecule has 5 nitrogen and oxygen atoms in total. The first-order chi connectivity index (χ1) is 9.06. The van der Waals surface area contributed by atoms with E-state index in [9.17, 15) is 10.1 Å². The number of benzene rings is 1. The minimum absolute atomic E-state index is 0.00414. The van der Waals surface area contributed by atoms with Gasteiger partial charge in [-0.3, -0.25) is 15.1 Å². The summed E-state index contributed by atoms with van der Waals surface area (Å²) in [5.41, 5.74) is 2.28. The summed E-state index contributed by atoms with van der Waals surface area (Å²) >= 11 is 5.85. The van der Waals surface area contributed by atoms with Crippen LogP contribution in [0.2, 0.25) is 5.02 Å². The standard InChI is InChI=1S/C13H12ClN3O2/c1-9-2-3-10(7-15-9)8-16-12-6-11(14)4-5-13(12)17(18)19/h2-7,16H,8H2,1H3. The Bertz CT molecular complexity index is 599. The molecule has 0 aliphatic heterocycles. The van der Waals surface area contributed by atoms with Crippen molar-refractivity contribution in [2.24, 2.45) is 0 Å². The van der Waals surface area contributed by atoms with Gasteiger partial charge in [-0.2, -0.15) is 0 Å². The number of hydrogen-bond acceptors (Lipinski definition) is 4. The fourth-order valence-corrected chi connectivity index (χ4v) is 1.78. The highest BCUT2D eigenvalue weighted by Gasteiger charge is 2.13. The van der Waals surface area contributed by atoms with E-state index in [1.54, 1.807) is 12.3 Å². The van der Waals surface area contributed by atoms with Crippen LogP contribution in [-0.2, 0) is 6.54 Å². The quantitative estimate of drug-likeness (QED) is 0.685. The second-order valence-electron chi connectivity index (χ2n) is 4.08. The van der Waals surface area contributed by atoms with Crippen molar-refractivity contribution in [2.75, 3.05) is 5.32 Å². The molecule has 1 aromatic carbocycles. The van der Waals surface area contributed by atoms with Crippen molar-refractivity contribution in [1.29, 1.82) is 0 Å². The first-order valence-electron chi connectivity index (χ1n) is 5.65. The van der Waals surface area contributed by atoms with Crippen LogP contribution in [-0.4, -0.2) is 9.91 Å². The molecule has 1 N–H and O–H groups in total. The van der Waals surface area contributed by atoms with Crippen LogP contribution in [0.4, 0.5) is 11.4 Å². The zero-order valence-electron chi connectivity index (χ0n) is 10.3. The van der Waals surface area contributed by atoms with Gasteiger partial charge in [-0.05, 0) is 30.7 Å². The molecule has 0 aliphatic rings. The van der Waals surface area contributed by atoms with E-state index < -0.39 is 4.92 Å². The van der Waals surface area contributed by atoms with Crippen molar-refractivity contribution < 1.29 is 4.92 Å². The van der Waals surface area contributed by atoms with Gasteiger partial charge in [0.15, 0.2) is 0 Å². The molecule has 0 amide bonds. The number of aryl methyl sites for hydroxylation is 1. The molecule has 0 atom stereocenters. The van der Waals surface area contributed by atoms with Gasteiger partial charge < -0.3 is 5.32 Å². The van der Waals surface area contributed by atoms with Gasteiger partial charge in [0.2, 0.25) is 0 Å². The number of anilines is 1. The summed E-state index contributed by atoms with van der Waals surface area (Å²) in [7, 11) is 0. The highest BCUT2D eigenvalue weighted by atomic mass is 35.5. The van der Waals surface area contributed by atoms with Crippen LogP contribution < -0.4 is 5.32 Å². The van der Waals surface area contributed by atoms with Crippen molar-refractivity contribution in [3.63, 3.8) is 0 Å². The van der Waals surface area contributed by atoms with Crippen LogP contribution in [0.1, 0.15) is 11.3 Å². The first kappa shape index (κ1) is 13.3. The lowest BCUT2D eigenvalue weighted by Crippen LogP contribution is -2.03. The molecule has 0 unspecified atom stereocenters. The number of aromatic nitrogens is 1. The lowest BCUT2D eigenvalue weighted by molar-refractivity contribution is -0.384. The van der Waals surface area contributed by atoms with E-state index in [4.69, 9.17) is 11.6 Å². The van der Waals surface area contributed by atoms with Crippen LogP contribution in [0.15, 0.2) is 36.5 Å². The predicted octanol–water partition coefficient (Wildman–Crippen LogP) is 3.56. The molecule has 98 valence electrons. The van der Waals surface area contributed by atoms with Crippen LogP contribution in [0.25, 0.3) is 0 Å². The number of nitrogens with one attached hydrogen (secondary N) is 1. The predicted molar refractivity (Wildman–Crippen MR) is 74.4 cm³/mol. The molecule has 19 heavy (non-hydrogen) atoms. The largest absolute Gasteiger partial charge is 0.375 e. The molecule has 1 aromatic heterocycles. The molecular weight excluding hydrogens is 266 g/mol. The van der Waals surface area contributed by atoms with E-state index in [1.165, 1.54) is 12.1 Å². The fraction of sp³-hybridized carbons (Fsp3) is 0.154. The minimum atomic E-state index is -0.438. The van der Waals surface area contributed by atoms with Crippen LogP contribution in [0.3, 0.4) is 0 Å². The van der Waals surface area contributed by atoms with E-state index in [2.05, 4.69) is 10.3 Å². The number of hydrogen-bond donors (Lipinski definition) is 1. The van der Waals surface area contributed by atoms with E-state index in [0.717, 1.165) is 11.3 Å². The maximum Gasteiger partial charge on any atom is 0.292 e. The summed E-state index contributed by atoms with van der Waals surface area (Å²) in [4.78, 5) is 14.6. The Kier molecular flexibility index (Phi) is 3.97. The van der Waals surface area contributed by atoms with Crippen LogP contribution in [0.5, 0.6) is 0 Å². The molecule has 0 bridgehead atoms. The maximum atomic E-state index is 10.9. The smallest absolute Gasteiger partial charge is 0.292 e. The highest BCUT2D eigenvalue weighted by Crippen LogP contribution is 2.27. The minimum Gasteiger partial charge on any atom is -0.375 e. The van der Waals surface area contributed by atoms with Crippen molar-refractivity contribution >= 4 is 23.0 Å². The molecule has 0 fully saturated rings. The average molecular weight is 278 g/mol. The second kappa shape index (κ2) is 5.67. The van der Waals surface area contributed by atoms with E-state index in [0.29, 0.717) is 17.3 Å². The van der Waals surface area contributed by atoms with Crippen LogP contribution >= 0.6 is 11.6 Å². The monoisotopic (exact) mass is 277 g/mol. The van der Waals surface area contributed by atoms with Gasteiger partial charge in [0.05, 0.1) is 4.92 Å². The SMILES string of the molecule is Cc1ccc(CNc2cc(Cl)ccc2[N+](=O)[O-])cn1. The number of nitro benzene ring substituents is 1. The molecule has 6 heteroatoms. The molecule has 0 spiro atoms. The van der Waals surface area contributed by atoms with E-state index in [1.807, 2.05) is 19.1 Å². The first-order valence-corrected chi connectivity index (χ1v) is 6.03. The topological polar surface area (TPSA) is 68.1 Å². The van der Waals surface area contributed by atoms with Gasteiger partial charge in [0.1, 0.15) is 5.69 Å². The molecule has 0 aliphatic carbocycles. The number of rotatable bonds is 4. The zero-order chi connectivity index (χ0) is 13.8. The molecule has 0 saturated carbocycles. The van der Waals surface area contributed by atoms with Crippen molar-refractivity contribution in [1.82, 2.24) is 4.98 Å². The highest BCUT2D eigenvalue weighted by molar-refractivity contribution is 6.31. The maximum absolute atomic E-state index is 10.9. The number of pyridine rings is 1. The van der Waals surface area contributed by atoms with Crippen molar-refractivity contribution in [2.45, 2.75) is 13.5 Å². The molecule has 0 radical (unpaired) electrons. The third-order valence-corrected chi connectivity index (χ3v) is 2.85. The Hall–Kier alpha value is -2.14. The van der Waals surface area contributed by atoms with E-state index >= 15 is 0 Å². The van der Waals surface area contributed by atoms with Gasteiger partial charge in [0.25, 0.3) is 5.69 Å². The zero-order valence-corrected chi connectivity index (χ0v) is 11.0. The molecule has 2 aromatic rings. The van der Waals surface area contributed by atoms with Crippen molar-refractivity contribution in [3.05, 3.63) is 62.9 Å². The normalized spacial score (nSPS) is 10.2. The second-order valence-corrected chi connectivity index (χ2v) is 4.52. The fourth-order valence-electron chi connectivity index (χ4n) is 1.61. The third kappa shape index (κ3) is 3.42. The summed E-state index contributed by atoms with van der Waals surface area (Å²) in [5.74, 6) is 0.